The monoisotopic (exact) mass is 448 g/mol. The third-order valence-corrected chi connectivity index (χ3v) is 6.06. The van der Waals surface area contributed by atoms with Crippen LogP contribution in [0.2, 0.25) is 0 Å². The van der Waals surface area contributed by atoms with E-state index in [0.717, 1.165) is 29.7 Å². The van der Waals surface area contributed by atoms with E-state index in [1.54, 1.807) is 22.7 Å². The van der Waals surface area contributed by atoms with Gasteiger partial charge >= 0.3 is 0 Å². The Hall–Kier alpha value is -3.49. The van der Waals surface area contributed by atoms with Crippen LogP contribution in [0.15, 0.2) is 73.1 Å². The van der Waals surface area contributed by atoms with Crippen molar-refractivity contribution in [2.45, 2.75) is 44.1 Å². The number of carbonyl (C=O) groups excluding carboxylic acids is 2. The molecule has 0 spiro atoms. The molecular formula is C25H28N4O4. The van der Waals surface area contributed by atoms with Gasteiger partial charge in [-0.15, -0.1) is 0 Å². The lowest BCUT2D eigenvalue weighted by molar-refractivity contribution is -0.154. The molecule has 1 aliphatic heterocycles. The van der Waals surface area contributed by atoms with Crippen molar-refractivity contribution in [2.24, 2.45) is 0 Å². The number of aliphatic hydroxyl groups is 2. The maximum absolute atomic E-state index is 12.9. The molecule has 8 nitrogen and oxygen atoms in total. The van der Waals surface area contributed by atoms with Crippen molar-refractivity contribution in [3.05, 3.63) is 84.2 Å². The minimum absolute atomic E-state index is 0.171. The number of likely N-dealkylation sites (tertiary alicyclic amines) is 1. The molecule has 4 rings (SSSR count). The van der Waals surface area contributed by atoms with E-state index < -0.39 is 30.1 Å². The van der Waals surface area contributed by atoms with Gasteiger partial charge in [-0.25, -0.2) is 4.68 Å². The van der Waals surface area contributed by atoms with Crippen LogP contribution >= 0.6 is 0 Å². The molecule has 0 radical (unpaired) electrons. The van der Waals surface area contributed by atoms with E-state index in [9.17, 15) is 19.8 Å². The fraction of sp³-hybridized carbons (Fsp3) is 0.320. The zero-order valence-electron chi connectivity index (χ0n) is 18.4. The van der Waals surface area contributed by atoms with Gasteiger partial charge in [-0.2, -0.15) is 5.10 Å². The highest BCUT2D eigenvalue weighted by molar-refractivity contribution is 5.91. The van der Waals surface area contributed by atoms with E-state index in [1.165, 1.54) is 0 Å². The first-order chi connectivity index (χ1) is 16.0. The lowest BCUT2D eigenvalue weighted by atomic mass is 10.0. The molecule has 0 aliphatic carbocycles. The molecular weight excluding hydrogens is 420 g/mol. The fourth-order valence-electron chi connectivity index (χ4n) is 4.22. The Labute approximate surface area is 192 Å². The number of carbonyl (C=O) groups is 2. The predicted molar refractivity (Wildman–Crippen MR) is 122 cm³/mol. The van der Waals surface area contributed by atoms with Crippen LogP contribution in [-0.4, -0.2) is 55.5 Å². The van der Waals surface area contributed by atoms with Gasteiger partial charge in [0.1, 0.15) is 0 Å². The average Bonchev–Trinajstić information content (AvgIpc) is 3.56. The number of rotatable bonds is 7. The van der Waals surface area contributed by atoms with E-state index in [0.29, 0.717) is 6.54 Å². The summed E-state index contributed by atoms with van der Waals surface area (Å²) in [4.78, 5) is 27.0. The van der Waals surface area contributed by atoms with Crippen molar-refractivity contribution in [3.63, 3.8) is 0 Å². The molecule has 1 aromatic heterocycles. The summed E-state index contributed by atoms with van der Waals surface area (Å²) >= 11 is 0. The van der Waals surface area contributed by atoms with Crippen molar-refractivity contribution < 1.29 is 19.8 Å². The van der Waals surface area contributed by atoms with Gasteiger partial charge in [0, 0.05) is 18.9 Å². The van der Waals surface area contributed by atoms with Gasteiger partial charge in [0.15, 0.2) is 12.2 Å². The molecule has 172 valence electrons. The molecule has 3 aromatic rings. The SMILES string of the molecule is CC(NC(=O)C(O)[C@@H](O)C(=O)N1CCC[C@@H]1c1ccccc1)c1ccc(-n2cccn2)cc1. The number of aliphatic hydroxyl groups excluding tert-OH is 2. The van der Waals surface area contributed by atoms with Crippen LogP contribution in [0, 0.1) is 0 Å². The van der Waals surface area contributed by atoms with E-state index >= 15 is 0 Å². The molecule has 3 N–H and O–H groups in total. The average molecular weight is 449 g/mol. The number of nitrogens with zero attached hydrogens (tertiary/aromatic N) is 3. The van der Waals surface area contributed by atoms with E-state index in [4.69, 9.17) is 0 Å². The van der Waals surface area contributed by atoms with E-state index in [-0.39, 0.29) is 6.04 Å². The Balaban J connectivity index is 1.37. The highest BCUT2D eigenvalue weighted by Gasteiger charge is 2.38. The minimum atomic E-state index is -1.86. The van der Waals surface area contributed by atoms with Crippen molar-refractivity contribution in [2.75, 3.05) is 6.54 Å². The highest BCUT2D eigenvalue weighted by Crippen LogP contribution is 2.32. The number of aromatic nitrogens is 2. The molecule has 4 atom stereocenters. The van der Waals surface area contributed by atoms with Gasteiger partial charge in [-0.3, -0.25) is 9.59 Å². The summed E-state index contributed by atoms with van der Waals surface area (Å²) in [7, 11) is 0. The Bertz CT molecular complexity index is 1070. The first kappa shape index (κ1) is 22.7. The van der Waals surface area contributed by atoms with Crippen molar-refractivity contribution in [1.29, 1.82) is 0 Å². The normalized spacial score (nSPS) is 18.5. The first-order valence-corrected chi connectivity index (χ1v) is 11.1. The van der Waals surface area contributed by atoms with Crippen LogP contribution in [-0.2, 0) is 9.59 Å². The lowest BCUT2D eigenvalue weighted by Gasteiger charge is -2.29. The van der Waals surface area contributed by atoms with Crippen molar-refractivity contribution in [3.8, 4) is 5.69 Å². The number of benzene rings is 2. The Morgan fingerprint density at radius 3 is 2.42 bits per heavy atom. The lowest BCUT2D eigenvalue weighted by Crippen LogP contribution is -2.50. The molecule has 0 saturated carbocycles. The van der Waals surface area contributed by atoms with Crippen LogP contribution in [0.4, 0.5) is 0 Å². The summed E-state index contributed by atoms with van der Waals surface area (Å²) in [6.45, 7) is 2.25. The first-order valence-electron chi connectivity index (χ1n) is 11.1. The maximum atomic E-state index is 12.9. The third kappa shape index (κ3) is 4.97. The summed E-state index contributed by atoms with van der Waals surface area (Å²) < 4.78 is 1.72. The number of hydrogen-bond acceptors (Lipinski definition) is 5. The summed E-state index contributed by atoms with van der Waals surface area (Å²) in [6.07, 6.45) is 1.40. The molecule has 8 heteroatoms. The topological polar surface area (TPSA) is 108 Å². The van der Waals surface area contributed by atoms with Gasteiger partial charge in [0.25, 0.3) is 11.8 Å². The largest absolute Gasteiger partial charge is 0.380 e. The molecule has 1 aliphatic rings. The number of nitrogens with one attached hydrogen (secondary N) is 1. The molecule has 1 fully saturated rings. The smallest absolute Gasteiger partial charge is 0.255 e. The fourth-order valence-corrected chi connectivity index (χ4v) is 4.22. The zero-order chi connectivity index (χ0) is 23.4. The maximum Gasteiger partial charge on any atom is 0.255 e. The van der Waals surface area contributed by atoms with Gasteiger partial charge in [0.05, 0.1) is 17.8 Å². The summed E-state index contributed by atoms with van der Waals surface area (Å²) in [5, 5.41) is 27.8. The molecule has 0 bridgehead atoms. The third-order valence-electron chi connectivity index (χ3n) is 6.06. The second kappa shape index (κ2) is 9.97. The molecule has 2 aromatic carbocycles. The van der Waals surface area contributed by atoms with Crippen LogP contribution < -0.4 is 5.32 Å². The Kier molecular flexibility index (Phi) is 6.86. The van der Waals surface area contributed by atoms with E-state index in [2.05, 4.69) is 10.4 Å². The predicted octanol–water partition coefficient (Wildman–Crippen LogP) is 2.13. The zero-order valence-corrected chi connectivity index (χ0v) is 18.4. The van der Waals surface area contributed by atoms with Crippen LogP contribution in [0.3, 0.4) is 0 Å². The minimum Gasteiger partial charge on any atom is -0.380 e. The Morgan fingerprint density at radius 2 is 1.76 bits per heavy atom. The van der Waals surface area contributed by atoms with Gasteiger partial charge in [0.2, 0.25) is 0 Å². The summed E-state index contributed by atoms with van der Waals surface area (Å²) in [5.41, 5.74) is 2.67. The summed E-state index contributed by atoms with van der Waals surface area (Å²) in [6, 6.07) is 18.3. The van der Waals surface area contributed by atoms with Crippen LogP contribution in [0.25, 0.3) is 5.69 Å². The van der Waals surface area contributed by atoms with E-state index in [1.807, 2.05) is 66.9 Å². The van der Waals surface area contributed by atoms with Gasteiger partial charge in [-0.05, 0) is 49.1 Å². The molecule has 2 heterocycles. The quantitative estimate of drug-likeness (QED) is 0.513. The van der Waals surface area contributed by atoms with Crippen molar-refractivity contribution >= 4 is 11.8 Å². The molecule has 1 saturated heterocycles. The molecule has 2 unspecified atom stereocenters. The Morgan fingerprint density at radius 1 is 1.03 bits per heavy atom. The summed E-state index contributed by atoms with van der Waals surface area (Å²) in [5.74, 6) is -1.44. The second-order valence-corrected chi connectivity index (χ2v) is 8.26. The molecule has 2 amide bonds. The van der Waals surface area contributed by atoms with Crippen molar-refractivity contribution in [1.82, 2.24) is 20.0 Å². The second-order valence-electron chi connectivity index (χ2n) is 8.26. The van der Waals surface area contributed by atoms with Gasteiger partial charge in [-0.1, -0.05) is 42.5 Å². The van der Waals surface area contributed by atoms with Crippen LogP contribution in [0.1, 0.15) is 43.0 Å². The number of hydrogen-bond donors (Lipinski definition) is 3. The van der Waals surface area contributed by atoms with Crippen LogP contribution in [0.5, 0.6) is 0 Å². The van der Waals surface area contributed by atoms with Gasteiger partial charge < -0.3 is 20.4 Å². The highest BCUT2D eigenvalue weighted by atomic mass is 16.3. The molecule has 33 heavy (non-hydrogen) atoms. The standard InChI is InChI=1S/C25H28N4O4/c1-17(18-10-12-20(13-11-18)29-16-6-14-26-29)27-24(32)22(30)23(31)25(33)28-15-5-9-21(28)19-7-3-2-4-8-19/h2-4,6-8,10-14,16-17,21-23,30-31H,5,9,15H2,1H3,(H,27,32)/t17?,21-,22?,23-/m1/s1. The number of amides is 2.